The zero-order valence-corrected chi connectivity index (χ0v) is 7.64. The molecule has 1 aromatic rings. The van der Waals surface area contributed by atoms with Crippen molar-refractivity contribution in [3.05, 3.63) is 29.3 Å². The van der Waals surface area contributed by atoms with E-state index in [2.05, 4.69) is 0 Å². The Morgan fingerprint density at radius 3 is 2.08 bits per heavy atom. The summed E-state index contributed by atoms with van der Waals surface area (Å²) in [5, 5.41) is 8.81. The first-order valence-electron chi connectivity index (χ1n) is 4.17. The van der Waals surface area contributed by atoms with Crippen molar-refractivity contribution < 1.29 is 13.9 Å². The average Bonchev–Trinajstić information content (AvgIpc) is 1.98. The molecule has 0 spiro atoms. The second-order valence-corrected chi connectivity index (χ2v) is 3.51. The second-order valence-electron chi connectivity index (χ2n) is 3.51. The summed E-state index contributed by atoms with van der Waals surface area (Å²) in [6.07, 6.45) is 0.605. The number of halogens is 2. The molecule has 0 saturated carbocycles. The predicted molar refractivity (Wildman–Crippen MR) is 46.6 cm³/mol. The Morgan fingerprint density at radius 1 is 1.23 bits per heavy atom. The molecule has 0 saturated heterocycles. The minimum atomic E-state index is -0.896. The van der Waals surface area contributed by atoms with E-state index in [1.807, 2.05) is 13.8 Å². The number of hydrogen-bond donors (Lipinski definition) is 1. The lowest BCUT2D eigenvalue weighted by atomic mass is 10.0. The van der Waals surface area contributed by atoms with Gasteiger partial charge in [0.25, 0.3) is 0 Å². The van der Waals surface area contributed by atoms with Gasteiger partial charge in [0, 0.05) is 0 Å². The minimum absolute atomic E-state index is 0.336. The van der Waals surface area contributed by atoms with E-state index >= 15 is 0 Å². The highest BCUT2D eigenvalue weighted by Gasteiger charge is 2.09. The Labute approximate surface area is 76.0 Å². The summed E-state index contributed by atoms with van der Waals surface area (Å²) in [7, 11) is 0. The van der Waals surface area contributed by atoms with E-state index in [4.69, 9.17) is 5.11 Å². The van der Waals surface area contributed by atoms with Crippen LogP contribution in [0.4, 0.5) is 8.78 Å². The predicted octanol–water partition coefficient (Wildman–Crippen LogP) is 2.87. The van der Waals surface area contributed by atoms with Gasteiger partial charge in [-0.3, -0.25) is 0 Å². The molecule has 0 amide bonds. The molecule has 0 radical (unpaired) electrons. The molecule has 0 atom stereocenters. The molecule has 13 heavy (non-hydrogen) atoms. The highest BCUT2D eigenvalue weighted by Crippen LogP contribution is 2.22. The third-order valence-corrected chi connectivity index (χ3v) is 1.72. The van der Waals surface area contributed by atoms with Gasteiger partial charge in [0.2, 0.25) is 0 Å². The van der Waals surface area contributed by atoms with Gasteiger partial charge in [0.15, 0.2) is 17.4 Å². The quantitative estimate of drug-likeness (QED) is 0.752. The molecule has 0 bridgehead atoms. The fourth-order valence-electron chi connectivity index (χ4n) is 1.21. The SMILES string of the molecule is CC(C)Cc1cc(F)c(O)c(F)c1. The van der Waals surface area contributed by atoms with Crippen LogP contribution in [0.15, 0.2) is 12.1 Å². The Hall–Kier alpha value is -1.12. The number of phenolic OH excluding ortho intramolecular Hbond substituents is 1. The molecule has 0 fully saturated rings. The van der Waals surface area contributed by atoms with Gasteiger partial charge in [-0.05, 0) is 30.0 Å². The molecular weight excluding hydrogens is 174 g/mol. The van der Waals surface area contributed by atoms with Crippen molar-refractivity contribution >= 4 is 0 Å². The Bertz CT molecular complexity index is 285. The maximum atomic E-state index is 12.8. The molecule has 0 aliphatic rings. The number of benzene rings is 1. The standard InChI is InChI=1S/C10H12F2O/c1-6(2)3-7-4-8(11)10(13)9(12)5-7/h4-6,13H,3H2,1-2H3. The monoisotopic (exact) mass is 186 g/mol. The van der Waals surface area contributed by atoms with Crippen molar-refractivity contribution in [3.63, 3.8) is 0 Å². The van der Waals surface area contributed by atoms with Crippen LogP contribution in [0.5, 0.6) is 5.75 Å². The van der Waals surface area contributed by atoms with E-state index < -0.39 is 17.4 Å². The maximum absolute atomic E-state index is 12.8. The topological polar surface area (TPSA) is 20.2 Å². The molecule has 1 rings (SSSR count). The van der Waals surface area contributed by atoms with Crippen molar-refractivity contribution in [2.45, 2.75) is 20.3 Å². The van der Waals surface area contributed by atoms with Gasteiger partial charge in [0.05, 0.1) is 0 Å². The number of rotatable bonds is 2. The second kappa shape index (κ2) is 3.73. The lowest BCUT2D eigenvalue weighted by Crippen LogP contribution is -1.96. The van der Waals surface area contributed by atoms with E-state index in [-0.39, 0.29) is 0 Å². The molecule has 0 aliphatic heterocycles. The zero-order chi connectivity index (χ0) is 10.0. The van der Waals surface area contributed by atoms with Crippen molar-refractivity contribution in [2.24, 2.45) is 5.92 Å². The van der Waals surface area contributed by atoms with Crippen molar-refractivity contribution in [1.29, 1.82) is 0 Å². The van der Waals surface area contributed by atoms with Gasteiger partial charge in [-0.15, -0.1) is 0 Å². The summed E-state index contributed by atoms with van der Waals surface area (Å²) in [6.45, 7) is 3.92. The van der Waals surface area contributed by atoms with Crippen LogP contribution in [0.25, 0.3) is 0 Å². The van der Waals surface area contributed by atoms with Crippen LogP contribution in [0.3, 0.4) is 0 Å². The molecule has 1 aromatic carbocycles. The van der Waals surface area contributed by atoms with Crippen molar-refractivity contribution in [3.8, 4) is 5.75 Å². The molecule has 0 heterocycles. The van der Waals surface area contributed by atoms with E-state index in [9.17, 15) is 8.78 Å². The summed E-state index contributed by atoms with van der Waals surface area (Å²) in [6, 6.07) is 2.33. The minimum Gasteiger partial charge on any atom is -0.503 e. The van der Waals surface area contributed by atoms with Crippen LogP contribution >= 0.6 is 0 Å². The molecular formula is C10H12F2O. The molecule has 0 aromatic heterocycles. The summed E-state index contributed by atoms with van der Waals surface area (Å²) in [5.74, 6) is -2.35. The Kier molecular flexibility index (Phi) is 2.86. The molecule has 0 unspecified atom stereocenters. The normalized spacial score (nSPS) is 10.8. The van der Waals surface area contributed by atoms with E-state index in [1.54, 1.807) is 0 Å². The Balaban J connectivity index is 2.99. The maximum Gasteiger partial charge on any atom is 0.187 e. The van der Waals surface area contributed by atoms with Crippen LogP contribution < -0.4 is 0 Å². The Morgan fingerprint density at radius 2 is 1.69 bits per heavy atom. The summed E-state index contributed by atoms with van der Waals surface area (Å²) >= 11 is 0. The van der Waals surface area contributed by atoms with Crippen molar-refractivity contribution in [2.75, 3.05) is 0 Å². The third-order valence-electron chi connectivity index (χ3n) is 1.72. The fraction of sp³-hybridized carbons (Fsp3) is 0.400. The molecule has 3 heteroatoms. The fourth-order valence-corrected chi connectivity index (χ4v) is 1.21. The number of aromatic hydroxyl groups is 1. The lowest BCUT2D eigenvalue weighted by Gasteiger charge is -2.06. The third kappa shape index (κ3) is 2.41. The largest absolute Gasteiger partial charge is 0.503 e. The molecule has 72 valence electrons. The summed E-state index contributed by atoms with van der Waals surface area (Å²) in [5.41, 5.74) is 0.572. The van der Waals surface area contributed by atoms with Gasteiger partial charge in [-0.2, -0.15) is 0 Å². The average molecular weight is 186 g/mol. The molecule has 1 nitrogen and oxygen atoms in total. The molecule has 1 N–H and O–H groups in total. The van der Waals surface area contributed by atoms with E-state index in [0.717, 1.165) is 0 Å². The highest BCUT2D eigenvalue weighted by atomic mass is 19.1. The van der Waals surface area contributed by atoms with Crippen LogP contribution in [-0.4, -0.2) is 5.11 Å². The molecule has 0 aliphatic carbocycles. The van der Waals surface area contributed by atoms with Crippen LogP contribution in [0.1, 0.15) is 19.4 Å². The van der Waals surface area contributed by atoms with E-state index in [1.165, 1.54) is 12.1 Å². The first kappa shape index (κ1) is 9.96. The summed E-state index contributed by atoms with van der Waals surface area (Å²) < 4.78 is 25.6. The van der Waals surface area contributed by atoms with Crippen LogP contribution in [-0.2, 0) is 6.42 Å². The highest BCUT2D eigenvalue weighted by molar-refractivity contribution is 5.30. The smallest absolute Gasteiger partial charge is 0.187 e. The van der Waals surface area contributed by atoms with Crippen LogP contribution in [0, 0.1) is 17.6 Å². The van der Waals surface area contributed by atoms with Gasteiger partial charge < -0.3 is 5.11 Å². The van der Waals surface area contributed by atoms with Gasteiger partial charge >= 0.3 is 0 Å². The van der Waals surface area contributed by atoms with Crippen molar-refractivity contribution in [1.82, 2.24) is 0 Å². The zero-order valence-electron chi connectivity index (χ0n) is 7.64. The first-order valence-corrected chi connectivity index (χ1v) is 4.17. The van der Waals surface area contributed by atoms with Gasteiger partial charge in [-0.25, -0.2) is 8.78 Å². The van der Waals surface area contributed by atoms with Gasteiger partial charge in [0.1, 0.15) is 0 Å². The van der Waals surface area contributed by atoms with Crippen LogP contribution in [0.2, 0.25) is 0 Å². The van der Waals surface area contributed by atoms with Gasteiger partial charge in [-0.1, -0.05) is 13.8 Å². The lowest BCUT2D eigenvalue weighted by molar-refractivity contribution is 0.395. The van der Waals surface area contributed by atoms with E-state index in [0.29, 0.717) is 17.9 Å². The number of phenols is 1. The summed E-state index contributed by atoms with van der Waals surface area (Å²) in [4.78, 5) is 0. The number of hydrogen-bond acceptors (Lipinski definition) is 1. The first-order chi connectivity index (χ1) is 6.00.